The standard InChI is InChI=1S/C21H23N5O3/c1-28-19-9-8-18-22-23-20(26(18)24-19)15-10-12-25(13-11-15)21(27)17-7-6-14-4-2-3-5-16(14)29-17/h2-5,8-9,15,17H,6-7,10-13H2,1H3. The van der Waals surface area contributed by atoms with Crippen LogP contribution in [0.5, 0.6) is 11.6 Å². The highest BCUT2D eigenvalue weighted by Gasteiger charge is 2.33. The highest BCUT2D eigenvalue weighted by molar-refractivity contribution is 5.81. The van der Waals surface area contributed by atoms with Crippen molar-refractivity contribution in [1.29, 1.82) is 0 Å². The fourth-order valence-corrected chi connectivity index (χ4v) is 4.21. The number of likely N-dealkylation sites (tertiary alicyclic amines) is 1. The van der Waals surface area contributed by atoms with E-state index in [-0.39, 0.29) is 17.9 Å². The largest absolute Gasteiger partial charge is 0.480 e. The van der Waals surface area contributed by atoms with Crippen LogP contribution in [-0.4, -0.2) is 56.9 Å². The fraction of sp³-hybridized carbons (Fsp3) is 0.429. The first-order valence-electron chi connectivity index (χ1n) is 10.0. The molecule has 2 aromatic heterocycles. The molecule has 3 aromatic rings. The second-order valence-electron chi connectivity index (χ2n) is 7.56. The average Bonchev–Trinajstić information content (AvgIpc) is 3.21. The topological polar surface area (TPSA) is 81.9 Å². The summed E-state index contributed by atoms with van der Waals surface area (Å²) in [6.45, 7) is 1.37. The normalized spacial score (nSPS) is 19.6. The quantitative estimate of drug-likeness (QED) is 0.679. The fourth-order valence-electron chi connectivity index (χ4n) is 4.21. The highest BCUT2D eigenvalue weighted by atomic mass is 16.5. The molecule has 0 N–H and O–H groups in total. The van der Waals surface area contributed by atoms with E-state index in [1.807, 2.05) is 29.2 Å². The second-order valence-corrected chi connectivity index (χ2v) is 7.56. The number of hydrogen-bond donors (Lipinski definition) is 0. The summed E-state index contributed by atoms with van der Waals surface area (Å²) in [6, 6.07) is 11.6. The van der Waals surface area contributed by atoms with E-state index in [0.29, 0.717) is 24.6 Å². The summed E-state index contributed by atoms with van der Waals surface area (Å²) in [6.07, 6.45) is 2.88. The molecule has 4 heterocycles. The first-order chi connectivity index (χ1) is 14.2. The van der Waals surface area contributed by atoms with E-state index in [0.717, 1.165) is 37.3 Å². The minimum Gasteiger partial charge on any atom is -0.480 e. The molecule has 2 aliphatic rings. The van der Waals surface area contributed by atoms with Gasteiger partial charge in [-0.15, -0.1) is 15.3 Å². The van der Waals surface area contributed by atoms with E-state index in [4.69, 9.17) is 9.47 Å². The Labute approximate surface area is 168 Å². The van der Waals surface area contributed by atoms with Gasteiger partial charge in [0.1, 0.15) is 5.75 Å². The van der Waals surface area contributed by atoms with Crippen molar-refractivity contribution < 1.29 is 14.3 Å². The minimum atomic E-state index is -0.388. The molecule has 29 heavy (non-hydrogen) atoms. The molecule has 0 saturated carbocycles. The summed E-state index contributed by atoms with van der Waals surface area (Å²) in [5.74, 6) is 2.49. The van der Waals surface area contributed by atoms with Gasteiger partial charge in [-0.25, -0.2) is 0 Å². The molecule has 1 aromatic carbocycles. The minimum absolute atomic E-state index is 0.0869. The number of ether oxygens (including phenoxy) is 2. The van der Waals surface area contributed by atoms with Crippen LogP contribution in [0, 0.1) is 0 Å². The highest BCUT2D eigenvalue weighted by Crippen LogP contribution is 2.31. The van der Waals surface area contributed by atoms with Gasteiger partial charge in [-0.05, 0) is 43.4 Å². The van der Waals surface area contributed by atoms with Gasteiger partial charge in [-0.2, -0.15) is 4.52 Å². The molecule has 150 valence electrons. The van der Waals surface area contributed by atoms with Gasteiger partial charge in [0.25, 0.3) is 5.91 Å². The molecule has 2 aliphatic heterocycles. The van der Waals surface area contributed by atoms with Crippen molar-refractivity contribution in [2.75, 3.05) is 20.2 Å². The number of fused-ring (bicyclic) bond motifs is 2. The molecule has 1 fully saturated rings. The van der Waals surface area contributed by atoms with Crippen LogP contribution in [0.1, 0.15) is 36.6 Å². The first kappa shape index (κ1) is 17.9. The van der Waals surface area contributed by atoms with Crippen molar-refractivity contribution in [3.05, 3.63) is 47.8 Å². The molecule has 8 heteroatoms. The van der Waals surface area contributed by atoms with Crippen LogP contribution < -0.4 is 9.47 Å². The van der Waals surface area contributed by atoms with Crippen molar-refractivity contribution in [3.8, 4) is 11.6 Å². The summed E-state index contributed by atoms with van der Waals surface area (Å²) in [5.41, 5.74) is 1.88. The third-order valence-electron chi connectivity index (χ3n) is 5.84. The Morgan fingerprint density at radius 1 is 1.10 bits per heavy atom. The maximum atomic E-state index is 13.0. The van der Waals surface area contributed by atoms with E-state index in [9.17, 15) is 4.79 Å². The number of aryl methyl sites for hydroxylation is 1. The van der Waals surface area contributed by atoms with Gasteiger partial charge in [0.2, 0.25) is 5.88 Å². The van der Waals surface area contributed by atoms with Crippen LogP contribution >= 0.6 is 0 Å². The number of methoxy groups -OCH3 is 1. The number of carbonyl (C=O) groups excluding carboxylic acids is 1. The third-order valence-corrected chi connectivity index (χ3v) is 5.84. The SMILES string of the molecule is COc1ccc2nnc(C3CCN(C(=O)C4CCc5ccccc5O4)CC3)n2n1. The van der Waals surface area contributed by atoms with Crippen LogP contribution in [0.2, 0.25) is 0 Å². The first-order valence-corrected chi connectivity index (χ1v) is 10.0. The Bertz CT molecular complexity index is 1040. The molecule has 1 unspecified atom stereocenters. The lowest BCUT2D eigenvalue weighted by Gasteiger charge is -2.35. The summed E-state index contributed by atoms with van der Waals surface area (Å²) >= 11 is 0. The third kappa shape index (κ3) is 3.28. The van der Waals surface area contributed by atoms with Gasteiger partial charge >= 0.3 is 0 Å². The number of rotatable bonds is 3. The molecule has 0 aliphatic carbocycles. The number of benzene rings is 1. The van der Waals surface area contributed by atoms with Crippen molar-refractivity contribution in [3.63, 3.8) is 0 Å². The van der Waals surface area contributed by atoms with Gasteiger partial charge in [0.15, 0.2) is 17.6 Å². The van der Waals surface area contributed by atoms with E-state index in [2.05, 4.69) is 21.4 Å². The number of para-hydroxylation sites is 1. The van der Waals surface area contributed by atoms with Crippen molar-refractivity contribution in [1.82, 2.24) is 24.7 Å². The zero-order valence-electron chi connectivity index (χ0n) is 16.3. The average molecular weight is 393 g/mol. The monoisotopic (exact) mass is 393 g/mol. The van der Waals surface area contributed by atoms with E-state index in [1.54, 1.807) is 17.7 Å². The van der Waals surface area contributed by atoms with Crippen molar-refractivity contribution in [2.45, 2.75) is 37.7 Å². The molecule has 0 bridgehead atoms. The zero-order chi connectivity index (χ0) is 19.8. The van der Waals surface area contributed by atoms with E-state index < -0.39 is 0 Å². The van der Waals surface area contributed by atoms with Crippen LogP contribution in [0.4, 0.5) is 0 Å². The van der Waals surface area contributed by atoms with Gasteiger partial charge in [0.05, 0.1) is 7.11 Å². The lowest BCUT2D eigenvalue weighted by atomic mass is 9.95. The number of amides is 1. The molecule has 1 amide bonds. The molecule has 5 rings (SSSR count). The summed E-state index contributed by atoms with van der Waals surface area (Å²) < 4.78 is 13.0. The lowest BCUT2D eigenvalue weighted by molar-refractivity contribution is -0.140. The van der Waals surface area contributed by atoms with E-state index in [1.165, 1.54) is 5.56 Å². The Morgan fingerprint density at radius 3 is 2.76 bits per heavy atom. The van der Waals surface area contributed by atoms with Crippen LogP contribution in [-0.2, 0) is 11.2 Å². The molecular formula is C21H23N5O3. The number of nitrogens with zero attached hydrogens (tertiary/aromatic N) is 5. The van der Waals surface area contributed by atoms with Crippen LogP contribution in [0.15, 0.2) is 36.4 Å². The molecule has 0 radical (unpaired) electrons. The molecule has 1 saturated heterocycles. The Kier molecular flexibility index (Phi) is 4.54. The van der Waals surface area contributed by atoms with Crippen molar-refractivity contribution >= 4 is 11.6 Å². The number of hydrogen-bond acceptors (Lipinski definition) is 6. The van der Waals surface area contributed by atoms with Gasteiger partial charge < -0.3 is 14.4 Å². The maximum absolute atomic E-state index is 13.0. The van der Waals surface area contributed by atoms with Crippen LogP contribution in [0.3, 0.4) is 0 Å². The van der Waals surface area contributed by atoms with Gasteiger partial charge in [-0.3, -0.25) is 4.79 Å². The molecule has 1 atom stereocenters. The number of piperidine rings is 1. The van der Waals surface area contributed by atoms with Crippen molar-refractivity contribution in [2.24, 2.45) is 0 Å². The zero-order valence-corrected chi connectivity index (χ0v) is 16.3. The summed E-state index contributed by atoms with van der Waals surface area (Å²) in [5, 5.41) is 13.0. The number of aromatic nitrogens is 4. The Hall–Kier alpha value is -3.16. The summed E-state index contributed by atoms with van der Waals surface area (Å²) in [4.78, 5) is 14.9. The lowest BCUT2D eigenvalue weighted by Crippen LogP contribution is -2.46. The van der Waals surface area contributed by atoms with Crippen LogP contribution in [0.25, 0.3) is 5.65 Å². The Morgan fingerprint density at radius 2 is 1.93 bits per heavy atom. The predicted molar refractivity (Wildman–Crippen MR) is 105 cm³/mol. The smallest absolute Gasteiger partial charge is 0.263 e. The second kappa shape index (κ2) is 7.35. The van der Waals surface area contributed by atoms with Gasteiger partial charge in [0, 0.05) is 25.1 Å². The molecule has 8 nitrogen and oxygen atoms in total. The summed E-state index contributed by atoms with van der Waals surface area (Å²) in [7, 11) is 1.59. The predicted octanol–water partition coefficient (Wildman–Crippen LogP) is 2.23. The van der Waals surface area contributed by atoms with E-state index >= 15 is 0 Å². The molecule has 0 spiro atoms. The molecular weight excluding hydrogens is 370 g/mol. The van der Waals surface area contributed by atoms with Gasteiger partial charge in [-0.1, -0.05) is 18.2 Å². The Balaban J connectivity index is 1.26. The maximum Gasteiger partial charge on any atom is 0.263 e. The number of carbonyl (C=O) groups is 1.